The van der Waals surface area contributed by atoms with Gasteiger partial charge in [-0.2, -0.15) is 0 Å². The Morgan fingerprint density at radius 2 is 1.70 bits per heavy atom. The number of hydrogen-bond acceptors (Lipinski definition) is 4. The van der Waals surface area contributed by atoms with Crippen LogP contribution in [0.2, 0.25) is 0 Å². The molecule has 0 unspecified atom stereocenters. The van der Waals surface area contributed by atoms with E-state index in [4.69, 9.17) is 5.11 Å². The Bertz CT molecular complexity index is 561. The molecule has 2 N–H and O–H groups in total. The van der Waals surface area contributed by atoms with E-state index >= 15 is 0 Å². The van der Waals surface area contributed by atoms with Crippen LogP contribution in [0.15, 0.2) is 24.3 Å². The van der Waals surface area contributed by atoms with Gasteiger partial charge in [0.1, 0.15) is 0 Å². The number of carboxylic acid groups (broad SMARTS) is 1. The van der Waals surface area contributed by atoms with Crippen LogP contribution in [0.1, 0.15) is 25.0 Å². The molecule has 1 aromatic carbocycles. The molecule has 0 bridgehead atoms. The lowest BCUT2D eigenvalue weighted by Crippen LogP contribution is -2.41. The largest absolute Gasteiger partial charge is 0.481 e. The third-order valence-corrected chi connectivity index (χ3v) is 5.41. The van der Waals surface area contributed by atoms with Crippen molar-refractivity contribution >= 4 is 15.8 Å². The van der Waals surface area contributed by atoms with Gasteiger partial charge in [0.2, 0.25) is 0 Å². The summed E-state index contributed by atoms with van der Waals surface area (Å²) in [5, 5.41) is 11.8. The standard InChI is InChI=1S/C14H21NO4S/c1-14(2,20(3,18)19)10-15-9-12-6-4-11(5-7-12)8-13(16)17/h4-7,15H,8-10H2,1-3H3,(H,16,17). The van der Waals surface area contributed by atoms with Crippen molar-refractivity contribution in [3.8, 4) is 0 Å². The number of sulfone groups is 1. The van der Waals surface area contributed by atoms with Gasteiger partial charge < -0.3 is 10.4 Å². The summed E-state index contributed by atoms with van der Waals surface area (Å²) in [5.41, 5.74) is 1.74. The maximum absolute atomic E-state index is 11.5. The number of benzene rings is 1. The number of rotatable bonds is 7. The van der Waals surface area contributed by atoms with E-state index in [9.17, 15) is 13.2 Å². The van der Waals surface area contributed by atoms with Crippen LogP contribution < -0.4 is 5.32 Å². The minimum Gasteiger partial charge on any atom is -0.481 e. The summed E-state index contributed by atoms with van der Waals surface area (Å²) < 4.78 is 22.3. The van der Waals surface area contributed by atoms with Gasteiger partial charge in [-0.1, -0.05) is 24.3 Å². The molecule has 5 nitrogen and oxygen atoms in total. The van der Waals surface area contributed by atoms with Gasteiger partial charge in [-0.3, -0.25) is 4.79 Å². The van der Waals surface area contributed by atoms with Crippen molar-refractivity contribution in [2.45, 2.75) is 31.6 Å². The molecule has 0 atom stereocenters. The number of carbonyl (C=O) groups is 1. The molecule has 0 amide bonds. The van der Waals surface area contributed by atoms with Gasteiger partial charge in [0.05, 0.1) is 11.2 Å². The van der Waals surface area contributed by atoms with E-state index in [2.05, 4.69) is 5.32 Å². The second-order valence-electron chi connectivity index (χ2n) is 5.52. The highest BCUT2D eigenvalue weighted by Crippen LogP contribution is 2.14. The second-order valence-corrected chi connectivity index (χ2v) is 8.17. The number of nitrogens with one attached hydrogen (secondary N) is 1. The van der Waals surface area contributed by atoms with Gasteiger partial charge in [0.15, 0.2) is 9.84 Å². The molecule has 0 aromatic heterocycles. The van der Waals surface area contributed by atoms with Crippen LogP contribution in [-0.2, 0) is 27.6 Å². The molecule has 0 aliphatic heterocycles. The first-order chi connectivity index (χ1) is 9.12. The average molecular weight is 299 g/mol. The fourth-order valence-corrected chi connectivity index (χ4v) is 1.95. The molecule has 0 heterocycles. The molecule has 0 fully saturated rings. The second kappa shape index (κ2) is 6.37. The van der Waals surface area contributed by atoms with E-state index in [0.29, 0.717) is 13.1 Å². The van der Waals surface area contributed by atoms with Crippen molar-refractivity contribution in [2.24, 2.45) is 0 Å². The van der Waals surface area contributed by atoms with Crippen LogP contribution in [0.4, 0.5) is 0 Å². The maximum atomic E-state index is 11.5. The highest BCUT2D eigenvalue weighted by Gasteiger charge is 2.29. The maximum Gasteiger partial charge on any atom is 0.307 e. The fraction of sp³-hybridized carbons (Fsp3) is 0.500. The Balaban J connectivity index is 2.53. The molecule has 0 spiro atoms. The van der Waals surface area contributed by atoms with Gasteiger partial charge in [0.25, 0.3) is 0 Å². The minimum atomic E-state index is -3.10. The molecule has 112 valence electrons. The minimum absolute atomic E-state index is 0.00875. The van der Waals surface area contributed by atoms with Gasteiger partial charge in [0, 0.05) is 19.3 Å². The van der Waals surface area contributed by atoms with Crippen molar-refractivity contribution < 1.29 is 18.3 Å². The number of carboxylic acids is 1. The van der Waals surface area contributed by atoms with E-state index in [1.54, 1.807) is 26.0 Å². The van der Waals surface area contributed by atoms with Crippen LogP contribution in [0.5, 0.6) is 0 Å². The Kier molecular flexibility index (Phi) is 5.30. The lowest BCUT2D eigenvalue weighted by molar-refractivity contribution is -0.136. The zero-order valence-electron chi connectivity index (χ0n) is 12.0. The Labute approximate surface area is 119 Å². The van der Waals surface area contributed by atoms with E-state index in [1.165, 1.54) is 6.26 Å². The van der Waals surface area contributed by atoms with E-state index in [-0.39, 0.29) is 6.42 Å². The van der Waals surface area contributed by atoms with Crippen molar-refractivity contribution in [2.75, 3.05) is 12.8 Å². The predicted molar refractivity (Wildman–Crippen MR) is 78.4 cm³/mol. The van der Waals surface area contributed by atoms with Crippen molar-refractivity contribution in [1.29, 1.82) is 0 Å². The first kappa shape index (κ1) is 16.7. The molecule has 6 heteroatoms. The Hall–Kier alpha value is -1.40. The van der Waals surface area contributed by atoms with Gasteiger partial charge in [-0.25, -0.2) is 8.42 Å². The van der Waals surface area contributed by atoms with Crippen molar-refractivity contribution in [3.63, 3.8) is 0 Å². The molecule has 0 saturated heterocycles. The van der Waals surface area contributed by atoms with Gasteiger partial charge in [-0.05, 0) is 25.0 Å². The van der Waals surface area contributed by atoms with Gasteiger partial charge in [-0.15, -0.1) is 0 Å². The van der Waals surface area contributed by atoms with Gasteiger partial charge >= 0.3 is 5.97 Å². The van der Waals surface area contributed by atoms with Crippen LogP contribution in [0, 0.1) is 0 Å². The third-order valence-electron chi connectivity index (χ3n) is 3.26. The third kappa shape index (κ3) is 4.94. The summed E-state index contributed by atoms with van der Waals surface area (Å²) in [6.07, 6.45) is 1.24. The van der Waals surface area contributed by atoms with Crippen molar-refractivity contribution in [1.82, 2.24) is 5.32 Å². The van der Waals surface area contributed by atoms with Crippen LogP contribution in [0.25, 0.3) is 0 Å². The summed E-state index contributed by atoms with van der Waals surface area (Å²) in [4.78, 5) is 10.6. The molecule has 20 heavy (non-hydrogen) atoms. The normalized spacial score (nSPS) is 12.3. The lowest BCUT2D eigenvalue weighted by atomic mass is 10.1. The molecule has 1 aromatic rings. The first-order valence-corrected chi connectivity index (χ1v) is 8.21. The molecule has 1 rings (SSSR count). The monoisotopic (exact) mass is 299 g/mol. The van der Waals surface area contributed by atoms with Crippen LogP contribution >= 0.6 is 0 Å². The van der Waals surface area contributed by atoms with Crippen LogP contribution in [-0.4, -0.2) is 37.0 Å². The fourth-order valence-electron chi connectivity index (χ4n) is 1.59. The van der Waals surface area contributed by atoms with E-state index in [0.717, 1.165) is 11.1 Å². The summed E-state index contributed by atoms with van der Waals surface area (Å²) in [6, 6.07) is 7.23. The SMILES string of the molecule is CC(C)(CNCc1ccc(CC(=O)O)cc1)S(C)(=O)=O. The number of hydrogen-bond donors (Lipinski definition) is 2. The molecule has 0 radical (unpaired) electrons. The molecular formula is C14H21NO4S. The van der Waals surface area contributed by atoms with Crippen molar-refractivity contribution in [3.05, 3.63) is 35.4 Å². The van der Waals surface area contributed by atoms with Crippen LogP contribution in [0.3, 0.4) is 0 Å². The topological polar surface area (TPSA) is 83.5 Å². The first-order valence-electron chi connectivity index (χ1n) is 6.32. The molecule has 0 saturated carbocycles. The zero-order chi connectivity index (χ0) is 15.4. The summed E-state index contributed by atoms with van der Waals surface area (Å²) in [6.45, 7) is 4.28. The Morgan fingerprint density at radius 3 is 2.15 bits per heavy atom. The molecule has 0 aliphatic carbocycles. The quantitative estimate of drug-likeness (QED) is 0.791. The highest BCUT2D eigenvalue weighted by molar-refractivity contribution is 7.92. The van der Waals surface area contributed by atoms with E-state index < -0.39 is 20.6 Å². The zero-order valence-corrected chi connectivity index (χ0v) is 12.8. The Morgan fingerprint density at radius 1 is 1.20 bits per heavy atom. The smallest absolute Gasteiger partial charge is 0.307 e. The predicted octanol–water partition coefficient (Wildman–Crippen LogP) is 1.23. The molecular weight excluding hydrogens is 278 g/mol. The summed E-state index contributed by atoms with van der Waals surface area (Å²) >= 11 is 0. The average Bonchev–Trinajstić information content (AvgIpc) is 2.29. The molecule has 0 aliphatic rings. The highest BCUT2D eigenvalue weighted by atomic mass is 32.2. The summed E-state index contributed by atoms with van der Waals surface area (Å²) in [5.74, 6) is -0.856. The van der Waals surface area contributed by atoms with E-state index in [1.807, 2.05) is 12.1 Å². The summed E-state index contributed by atoms with van der Waals surface area (Å²) in [7, 11) is -3.10. The number of aliphatic carboxylic acids is 1. The lowest BCUT2D eigenvalue weighted by Gasteiger charge is -2.22.